The minimum Gasteiger partial charge on any atom is -0.491 e. The number of hydrogen-bond acceptors (Lipinski definition) is 4. The predicted octanol–water partition coefficient (Wildman–Crippen LogP) is 4.16. The maximum absolute atomic E-state index is 13.4. The summed E-state index contributed by atoms with van der Waals surface area (Å²) in [6.45, 7) is 3.67. The van der Waals surface area contributed by atoms with E-state index in [0.717, 1.165) is 60.6 Å². The molecule has 0 bridgehead atoms. The van der Waals surface area contributed by atoms with Gasteiger partial charge in [0.25, 0.3) is 0 Å². The third-order valence-corrected chi connectivity index (χ3v) is 7.37. The van der Waals surface area contributed by atoms with Crippen molar-refractivity contribution in [3.63, 3.8) is 0 Å². The molecule has 0 unspecified atom stereocenters. The van der Waals surface area contributed by atoms with Gasteiger partial charge in [-0.1, -0.05) is 24.6 Å². The molecule has 2 aliphatic heterocycles. The number of para-hydroxylation sites is 1. The summed E-state index contributed by atoms with van der Waals surface area (Å²) in [5, 5.41) is 3.55. The summed E-state index contributed by atoms with van der Waals surface area (Å²) in [7, 11) is 0. The Kier molecular flexibility index (Phi) is 7.90. The minimum atomic E-state index is -4.56. The lowest BCUT2D eigenvalue weighted by atomic mass is 9.73. The molecule has 1 aromatic carbocycles. The maximum Gasteiger partial charge on any atom is 0.435 e. The molecule has 0 atom stereocenters. The van der Waals surface area contributed by atoms with Gasteiger partial charge in [-0.05, 0) is 55.2 Å². The van der Waals surface area contributed by atoms with Gasteiger partial charge in [0, 0.05) is 32.8 Å². The molecule has 0 aliphatic carbocycles. The lowest BCUT2D eigenvalue weighted by Gasteiger charge is -2.44. The summed E-state index contributed by atoms with van der Waals surface area (Å²) in [4.78, 5) is 28.8. The van der Waals surface area contributed by atoms with Crippen LogP contribution in [0, 0.1) is 5.41 Å². The highest BCUT2D eigenvalue weighted by molar-refractivity contribution is 5.76. The quantitative estimate of drug-likeness (QED) is 0.614. The number of likely N-dealkylation sites (tertiary alicyclic amines) is 1. The number of aromatic nitrogens is 2. The number of rotatable bonds is 2. The van der Waals surface area contributed by atoms with Gasteiger partial charge in [-0.2, -0.15) is 18.3 Å². The third-order valence-electron chi connectivity index (χ3n) is 7.37. The fourth-order valence-electron chi connectivity index (χ4n) is 5.25. The summed E-state index contributed by atoms with van der Waals surface area (Å²) in [6.07, 6.45) is 2.00. The van der Waals surface area contributed by atoms with E-state index in [4.69, 9.17) is 4.74 Å². The van der Waals surface area contributed by atoms with Gasteiger partial charge in [0.2, 0.25) is 11.8 Å². The number of hydrogen-bond donors (Lipinski definition) is 0. The Morgan fingerprint density at radius 1 is 1.03 bits per heavy atom. The van der Waals surface area contributed by atoms with Crippen molar-refractivity contribution in [3.8, 4) is 5.75 Å². The van der Waals surface area contributed by atoms with Gasteiger partial charge in [0.15, 0.2) is 5.69 Å². The van der Waals surface area contributed by atoms with Crippen molar-refractivity contribution in [2.45, 2.75) is 58.2 Å². The average molecular weight is 507 g/mol. The zero-order chi connectivity index (χ0) is 25.8. The van der Waals surface area contributed by atoms with E-state index in [9.17, 15) is 22.8 Å². The second-order valence-electron chi connectivity index (χ2n) is 9.88. The van der Waals surface area contributed by atoms with Gasteiger partial charge in [-0.25, -0.2) is 0 Å². The van der Waals surface area contributed by atoms with Crippen LogP contribution in [-0.4, -0.2) is 64.2 Å². The minimum absolute atomic E-state index is 0.0510. The number of piperidine rings is 1. The molecule has 7 nitrogen and oxygen atoms in total. The van der Waals surface area contributed by atoms with E-state index in [1.54, 1.807) is 11.8 Å². The van der Waals surface area contributed by atoms with E-state index in [1.165, 1.54) is 6.20 Å². The molecule has 0 N–H and O–H groups in total. The molecular weight excluding hydrogens is 473 g/mol. The second kappa shape index (κ2) is 10.9. The van der Waals surface area contributed by atoms with Crippen molar-refractivity contribution < 1.29 is 27.5 Å². The topological polar surface area (TPSA) is 67.7 Å². The number of fused-ring (bicyclic) bond motifs is 1. The van der Waals surface area contributed by atoms with Crippen LogP contribution in [0.1, 0.15) is 50.3 Å². The lowest BCUT2D eigenvalue weighted by molar-refractivity contribution is -0.142. The van der Waals surface area contributed by atoms with Gasteiger partial charge in [0.1, 0.15) is 18.9 Å². The lowest BCUT2D eigenvalue weighted by Crippen LogP contribution is -2.50. The number of alkyl halides is 3. The summed E-state index contributed by atoms with van der Waals surface area (Å²) in [5.41, 5.74) is -0.0358. The molecular formula is C26H33F3N4O3. The van der Waals surface area contributed by atoms with Crippen LogP contribution in [0.4, 0.5) is 13.2 Å². The fraction of sp³-hybridized carbons (Fsp3) is 0.577. The zero-order valence-corrected chi connectivity index (χ0v) is 20.6. The highest BCUT2D eigenvalue weighted by Gasteiger charge is 2.38. The van der Waals surface area contributed by atoms with Crippen molar-refractivity contribution in [1.29, 1.82) is 0 Å². The first-order valence-electron chi connectivity index (χ1n) is 12.5. The Morgan fingerprint density at radius 2 is 1.78 bits per heavy atom. The van der Waals surface area contributed by atoms with Gasteiger partial charge in [-0.15, -0.1) is 0 Å². The van der Waals surface area contributed by atoms with E-state index >= 15 is 0 Å². The molecule has 3 heterocycles. The van der Waals surface area contributed by atoms with Gasteiger partial charge >= 0.3 is 6.18 Å². The molecule has 1 fully saturated rings. The number of benzene rings is 1. The van der Waals surface area contributed by atoms with Crippen LogP contribution in [0.3, 0.4) is 0 Å². The molecule has 196 valence electrons. The van der Waals surface area contributed by atoms with Crippen molar-refractivity contribution in [2.75, 3.05) is 32.8 Å². The van der Waals surface area contributed by atoms with E-state index in [-0.39, 0.29) is 30.4 Å². The molecule has 2 aliphatic rings. The van der Waals surface area contributed by atoms with Crippen LogP contribution >= 0.6 is 0 Å². The average Bonchev–Trinajstić information content (AvgIpc) is 3.31. The largest absolute Gasteiger partial charge is 0.491 e. The molecule has 2 amide bonds. The maximum atomic E-state index is 13.4. The summed E-state index contributed by atoms with van der Waals surface area (Å²) in [5.74, 6) is 0.557. The number of carbonyl (C=O) groups excluding carboxylic acids is 2. The third kappa shape index (κ3) is 6.39. The molecule has 0 saturated carbocycles. The van der Waals surface area contributed by atoms with Crippen molar-refractivity contribution in [1.82, 2.24) is 19.6 Å². The highest BCUT2D eigenvalue weighted by Crippen LogP contribution is 2.38. The Hall–Kier alpha value is -3.04. The fourth-order valence-corrected chi connectivity index (χ4v) is 5.25. The Balaban J connectivity index is 1.54. The number of amides is 2. The van der Waals surface area contributed by atoms with Crippen LogP contribution in [0.5, 0.6) is 5.75 Å². The molecule has 1 aromatic heterocycles. The van der Waals surface area contributed by atoms with Crippen molar-refractivity contribution in [3.05, 3.63) is 47.8 Å². The molecule has 4 rings (SSSR count). The first-order chi connectivity index (χ1) is 17.2. The summed E-state index contributed by atoms with van der Waals surface area (Å²) >= 11 is 0. The van der Waals surface area contributed by atoms with E-state index < -0.39 is 11.9 Å². The number of nitrogens with zero attached hydrogens (tertiary/aromatic N) is 4. The molecule has 1 spiro atoms. The molecule has 2 aromatic rings. The standard InChI is InChI=1S/C26H33F3N4O3/c1-20(34)31-14-11-25(12-15-31)10-5-4-7-21-6-2-3-8-22(21)36-17-16-32(19-25)24(35)18-33-13-9-23(30-33)26(27,28)29/h2-3,6,8-9,13H,4-5,7,10-12,14-19H2,1H3. The first kappa shape index (κ1) is 26.0. The van der Waals surface area contributed by atoms with Crippen LogP contribution in [0.15, 0.2) is 36.5 Å². The molecule has 10 heteroatoms. The smallest absolute Gasteiger partial charge is 0.435 e. The molecule has 36 heavy (non-hydrogen) atoms. The van der Waals surface area contributed by atoms with Crippen molar-refractivity contribution >= 4 is 11.8 Å². The van der Waals surface area contributed by atoms with Crippen molar-refractivity contribution in [2.24, 2.45) is 5.41 Å². The van der Waals surface area contributed by atoms with Crippen LogP contribution in [0.2, 0.25) is 0 Å². The van der Waals surface area contributed by atoms with Gasteiger partial charge in [-0.3, -0.25) is 14.3 Å². The van der Waals surface area contributed by atoms with Gasteiger partial charge in [0.05, 0.1) is 6.54 Å². The van der Waals surface area contributed by atoms with E-state index in [2.05, 4.69) is 11.2 Å². The zero-order valence-electron chi connectivity index (χ0n) is 20.6. The SMILES string of the molecule is CC(=O)N1CCC2(CCCCc3ccccc3OCCN(C(=O)Cn3ccc(C(F)(F)F)n3)C2)CC1. The van der Waals surface area contributed by atoms with E-state index in [0.29, 0.717) is 26.2 Å². The Morgan fingerprint density at radius 3 is 2.47 bits per heavy atom. The summed E-state index contributed by atoms with van der Waals surface area (Å²) in [6, 6.07) is 8.77. The second-order valence-corrected chi connectivity index (χ2v) is 9.88. The monoisotopic (exact) mass is 506 g/mol. The molecule has 0 radical (unpaired) electrons. The van der Waals surface area contributed by atoms with Crippen LogP contribution < -0.4 is 4.74 Å². The van der Waals surface area contributed by atoms with Crippen LogP contribution in [-0.2, 0) is 28.7 Å². The first-order valence-corrected chi connectivity index (χ1v) is 12.5. The Bertz CT molecular complexity index is 1060. The summed E-state index contributed by atoms with van der Waals surface area (Å²) < 4.78 is 46.0. The highest BCUT2D eigenvalue weighted by atomic mass is 19.4. The number of halogens is 3. The number of ether oxygens (including phenoxy) is 1. The molecule has 1 saturated heterocycles. The number of aryl methyl sites for hydroxylation is 1. The normalized spacial score (nSPS) is 19.1. The van der Waals surface area contributed by atoms with Crippen LogP contribution in [0.25, 0.3) is 0 Å². The van der Waals surface area contributed by atoms with E-state index in [1.807, 2.05) is 23.1 Å². The van der Waals surface area contributed by atoms with Gasteiger partial charge < -0.3 is 14.5 Å². The number of carbonyl (C=O) groups is 2. The predicted molar refractivity (Wildman–Crippen MR) is 127 cm³/mol. The Labute approximate surface area is 209 Å².